The number of ether oxygens (including phenoxy) is 1. The van der Waals surface area contributed by atoms with Crippen molar-refractivity contribution in [3.05, 3.63) is 35.7 Å². The van der Waals surface area contributed by atoms with Gasteiger partial charge in [0.15, 0.2) is 11.8 Å². The van der Waals surface area contributed by atoms with Gasteiger partial charge in [-0.05, 0) is 19.1 Å². The van der Waals surface area contributed by atoms with Crippen molar-refractivity contribution < 1.29 is 27.9 Å². The number of benzene rings is 1. The first-order valence-electron chi connectivity index (χ1n) is 9.99. The van der Waals surface area contributed by atoms with Crippen molar-refractivity contribution >= 4 is 38.3 Å². The molecule has 1 aliphatic heterocycles. The highest BCUT2D eigenvalue weighted by Crippen LogP contribution is 2.18. The number of aromatic nitrogens is 2. The highest BCUT2D eigenvalue weighted by Gasteiger charge is 2.24. The Morgan fingerprint density at radius 2 is 2.16 bits per heavy atom. The third-order valence-electron chi connectivity index (χ3n) is 4.61. The maximum absolute atomic E-state index is 12.9. The number of likely N-dealkylation sites (N-methyl/N-ethyl adjacent to an activating group) is 1. The summed E-state index contributed by atoms with van der Waals surface area (Å²) in [5.74, 6) is -0.0350. The molecule has 11 nitrogen and oxygen atoms in total. The summed E-state index contributed by atoms with van der Waals surface area (Å²) in [6.45, 7) is 4.26. The SMILES string of the molecule is CCN(CCO)S(=O)(=O)c1ccc(C(=NO[C@@H]2CCOC2)C(=O)Nc2nc(C)ns2)cc1. The number of hydrogen-bond donors (Lipinski definition) is 2. The number of amides is 1. The summed E-state index contributed by atoms with van der Waals surface area (Å²) in [6, 6.07) is 5.75. The molecule has 1 aromatic heterocycles. The molecule has 0 bridgehead atoms. The quantitative estimate of drug-likeness (QED) is 0.376. The average Bonchev–Trinajstić information content (AvgIpc) is 3.44. The van der Waals surface area contributed by atoms with Crippen LogP contribution in [0.5, 0.6) is 0 Å². The van der Waals surface area contributed by atoms with Crippen molar-refractivity contribution in [1.29, 1.82) is 0 Å². The van der Waals surface area contributed by atoms with Gasteiger partial charge in [-0.1, -0.05) is 24.2 Å². The minimum absolute atomic E-state index is 0.00569. The molecule has 1 atom stereocenters. The first-order chi connectivity index (χ1) is 15.3. The predicted octanol–water partition coefficient (Wildman–Crippen LogP) is 0.998. The molecule has 0 radical (unpaired) electrons. The van der Waals surface area contributed by atoms with Crippen molar-refractivity contribution in [2.24, 2.45) is 5.16 Å². The summed E-state index contributed by atoms with van der Waals surface area (Å²) in [7, 11) is -3.78. The number of hydrogen-bond acceptors (Lipinski definition) is 10. The molecule has 1 amide bonds. The predicted molar refractivity (Wildman–Crippen MR) is 118 cm³/mol. The highest BCUT2D eigenvalue weighted by atomic mass is 32.2. The number of sulfonamides is 1. The van der Waals surface area contributed by atoms with Crippen LogP contribution in [0.3, 0.4) is 0 Å². The number of aliphatic hydroxyl groups is 1. The molecule has 1 aliphatic rings. The van der Waals surface area contributed by atoms with Crippen molar-refractivity contribution in [2.45, 2.75) is 31.3 Å². The van der Waals surface area contributed by atoms with Crippen molar-refractivity contribution in [3.63, 3.8) is 0 Å². The summed E-state index contributed by atoms with van der Waals surface area (Å²) >= 11 is 1.04. The van der Waals surface area contributed by atoms with E-state index in [9.17, 15) is 13.2 Å². The normalized spacial score (nSPS) is 17.0. The van der Waals surface area contributed by atoms with Crippen molar-refractivity contribution in [1.82, 2.24) is 13.7 Å². The molecular weight excluding hydrogens is 458 g/mol. The number of anilines is 1. The lowest BCUT2D eigenvalue weighted by Gasteiger charge is -2.19. The molecule has 13 heteroatoms. The maximum Gasteiger partial charge on any atom is 0.280 e. The van der Waals surface area contributed by atoms with E-state index in [0.717, 1.165) is 11.5 Å². The van der Waals surface area contributed by atoms with Crippen molar-refractivity contribution in [2.75, 3.05) is 38.2 Å². The number of carbonyl (C=O) groups is 1. The van der Waals surface area contributed by atoms with Crippen LogP contribution in [0.1, 0.15) is 24.7 Å². The Kier molecular flexibility index (Phi) is 8.26. The van der Waals surface area contributed by atoms with Crippen LogP contribution in [-0.2, 0) is 24.4 Å². The van der Waals surface area contributed by atoms with Gasteiger partial charge < -0.3 is 14.7 Å². The summed E-state index contributed by atoms with van der Waals surface area (Å²) in [5.41, 5.74) is 0.336. The van der Waals surface area contributed by atoms with Crippen LogP contribution >= 0.6 is 11.5 Å². The topological polar surface area (TPSA) is 143 Å². The Balaban J connectivity index is 1.86. The first-order valence-corrected chi connectivity index (χ1v) is 12.2. The molecule has 2 N–H and O–H groups in total. The Morgan fingerprint density at radius 1 is 1.41 bits per heavy atom. The summed E-state index contributed by atoms with van der Waals surface area (Å²) in [4.78, 5) is 22.5. The molecule has 2 heterocycles. The number of oxime groups is 1. The molecule has 174 valence electrons. The van der Waals surface area contributed by atoms with Gasteiger partial charge >= 0.3 is 0 Å². The minimum Gasteiger partial charge on any atom is -0.395 e. The molecule has 3 rings (SSSR count). The van der Waals surface area contributed by atoms with E-state index in [1.165, 1.54) is 28.6 Å². The monoisotopic (exact) mass is 483 g/mol. The van der Waals surface area contributed by atoms with Gasteiger partial charge in [-0.25, -0.2) is 13.4 Å². The van der Waals surface area contributed by atoms with Gasteiger partial charge in [0.2, 0.25) is 15.2 Å². The maximum atomic E-state index is 12.9. The van der Waals surface area contributed by atoms with E-state index < -0.39 is 15.9 Å². The van der Waals surface area contributed by atoms with Crippen LogP contribution in [0.4, 0.5) is 5.13 Å². The number of rotatable bonds is 10. The van der Waals surface area contributed by atoms with E-state index in [1.807, 2.05) is 0 Å². The number of carbonyl (C=O) groups excluding carboxylic acids is 1. The minimum atomic E-state index is -3.78. The second-order valence-electron chi connectivity index (χ2n) is 6.88. The molecule has 1 fully saturated rings. The van der Waals surface area contributed by atoms with Gasteiger partial charge in [-0.15, -0.1) is 0 Å². The molecule has 0 saturated carbocycles. The van der Waals surface area contributed by atoms with E-state index in [-0.39, 0.29) is 36.4 Å². The van der Waals surface area contributed by atoms with E-state index in [1.54, 1.807) is 13.8 Å². The smallest absolute Gasteiger partial charge is 0.280 e. The van der Waals surface area contributed by atoms with Crippen LogP contribution in [0.15, 0.2) is 34.3 Å². The van der Waals surface area contributed by atoms with Crippen LogP contribution in [0.2, 0.25) is 0 Å². The Hall–Kier alpha value is -2.45. The molecule has 1 aromatic carbocycles. The van der Waals surface area contributed by atoms with E-state index in [4.69, 9.17) is 14.7 Å². The number of nitrogens with one attached hydrogen (secondary N) is 1. The van der Waals surface area contributed by atoms with E-state index in [2.05, 4.69) is 19.8 Å². The van der Waals surface area contributed by atoms with Gasteiger partial charge in [0.05, 0.1) is 24.7 Å². The zero-order chi connectivity index (χ0) is 23.1. The summed E-state index contributed by atoms with van der Waals surface area (Å²) in [5, 5.41) is 16.1. The van der Waals surface area contributed by atoms with Gasteiger partial charge in [0.25, 0.3) is 5.91 Å². The molecule has 0 unspecified atom stereocenters. The fourth-order valence-corrected chi connectivity index (χ4v) is 4.96. The second-order valence-corrected chi connectivity index (χ2v) is 9.57. The molecular formula is C19H25N5O6S2. The third-order valence-corrected chi connectivity index (χ3v) is 7.32. The van der Waals surface area contributed by atoms with Gasteiger partial charge in [0.1, 0.15) is 5.82 Å². The van der Waals surface area contributed by atoms with Gasteiger partial charge in [0, 0.05) is 36.6 Å². The second kappa shape index (κ2) is 10.9. The number of aryl methyl sites for hydroxylation is 1. The summed E-state index contributed by atoms with van der Waals surface area (Å²) < 4.78 is 36.0. The number of nitrogens with zero attached hydrogens (tertiary/aromatic N) is 4. The van der Waals surface area contributed by atoms with Crippen LogP contribution in [0.25, 0.3) is 0 Å². The standard InChI is InChI=1S/C19H25N5O6S2/c1-3-24(9-10-25)32(27,28)16-6-4-14(5-7-16)17(22-30-15-8-11-29-12-15)18(26)21-19-20-13(2)23-31-19/h4-7,15,25H,3,8-12H2,1-2H3,(H,20,21,23,26)/t15-/m1/s1. The summed E-state index contributed by atoms with van der Waals surface area (Å²) in [6.07, 6.45) is 0.390. The third kappa shape index (κ3) is 5.86. The fraction of sp³-hybridized carbons (Fsp3) is 0.474. The molecule has 1 saturated heterocycles. The lowest BCUT2D eigenvalue weighted by atomic mass is 10.1. The van der Waals surface area contributed by atoms with Crippen LogP contribution in [-0.4, -0.2) is 77.8 Å². The van der Waals surface area contributed by atoms with Crippen LogP contribution < -0.4 is 5.32 Å². The zero-order valence-electron chi connectivity index (χ0n) is 17.7. The average molecular weight is 484 g/mol. The molecule has 0 spiro atoms. The van der Waals surface area contributed by atoms with E-state index in [0.29, 0.717) is 36.2 Å². The molecule has 32 heavy (non-hydrogen) atoms. The molecule has 2 aromatic rings. The van der Waals surface area contributed by atoms with E-state index >= 15 is 0 Å². The Morgan fingerprint density at radius 3 is 2.72 bits per heavy atom. The number of aliphatic hydroxyl groups excluding tert-OH is 1. The van der Waals surface area contributed by atoms with Crippen LogP contribution in [0, 0.1) is 6.92 Å². The largest absolute Gasteiger partial charge is 0.395 e. The highest BCUT2D eigenvalue weighted by molar-refractivity contribution is 7.89. The van der Waals surface area contributed by atoms with Crippen molar-refractivity contribution in [3.8, 4) is 0 Å². The lowest BCUT2D eigenvalue weighted by molar-refractivity contribution is -0.110. The Labute approximate surface area is 190 Å². The fourth-order valence-electron chi connectivity index (χ4n) is 2.95. The molecule has 0 aliphatic carbocycles. The first kappa shape index (κ1) is 24.2. The van der Waals surface area contributed by atoms with Gasteiger partial charge in [-0.3, -0.25) is 10.1 Å². The van der Waals surface area contributed by atoms with Gasteiger partial charge in [-0.2, -0.15) is 8.68 Å². The lowest BCUT2D eigenvalue weighted by Crippen LogP contribution is -2.33. The zero-order valence-corrected chi connectivity index (χ0v) is 19.4. The Bertz CT molecular complexity index is 1050.